The van der Waals surface area contributed by atoms with Gasteiger partial charge in [-0.25, -0.2) is 4.39 Å². The van der Waals surface area contributed by atoms with Crippen molar-refractivity contribution in [3.05, 3.63) is 71.0 Å². The van der Waals surface area contributed by atoms with Crippen molar-refractivity contribution in [2.24, 2.45) is 0 Å². The summed E-state index contributed by atoms with van der Waals surface area (Å²) in [7, 11) is 0. The van der Waals surface area contributed by atoms with Gasteiger partial charge in [-0.2, -0.15) is 0 Å². The molecule has 0 spiro atoms. The van der Waals surface area contributed by atoms with Crippen LogP contribution >= 0.6 is 0 Å². The fourth-order valence-corrected chi connectivity index (χ4v) is 3.13. The van der Waals surface area contributed by atoms with E-state index in [9.17, 15) is 14.0 Å². The maximum atomic E-state index is 13.2. The molecule has 0 fully saturated rings. The zero-order valence-electron chi connectivity index (χ0n) is 17.7. The molecule has 0 unspecified atom stereocenters. The highest BCUT2D eigenvalue weighted by Gasteiger charge is 2.29. The molecule has 0 radical (unpaired) electrons. The van der Waals surface area contributed by atoms with Gasteiger partial charge in [-0.05, 0) is 49.9 Å². The molecule has 156 valence electrons. The first kappa shape index (κ1) is 22.6. The van der Waals surface area contributed by atoms with E-state index in [0.717, 1.165) is 23.1 Å². The molecule has 2 aromatic rings. The second kappa shape index (κ2) is 10.7. The lowest BCUT2D eigenvalue weighted by atomic mass is 10.1. The van der Waals surface area contributed by atoms with Crippen LogP contribution in [0.5, 0.6) is 0 Å². The minimum atomic E-state index is -0.557. The van der Waals surface area contributed by atoms with Gasteiger partial charge in [-0.3, -0.25) is 9.59 Å². The molecule has 0 aromatic heterocycles. The number of benzene rings is 2. The van der Waals surface area contributed by atoms with Gasteiger partial charge >= 0.3 is 0 Å². The van der Waals surface area contributed by atoms with E-state index in [-0.39, 0.29) is 30.1 Å². The Bertz CT molecular complexity index is 803. The molecule has 0 saturated heterocycles. The Kier molecular flexibility index (Phi) is 8.37. The summed E-state index contributed by atoms with van der Waals surface area (Å²) in [5, 5.41) is 3.00. The first-order valence-corrected chi connectivity index (χ1v) is 10.2. The molecule has 4 nitrogen and oxygen atoms in total. The molecule has 0 bridgehead atoms. The summed E-state index contributed by atoms with van der Waals surface area (Å²) in [6, 6.07) is 13.4. The largest absolute Gasteiger partial charge is 0.352 e. The van der Waals surface area contributed by atoms with Gasteiger partial charge in [0.2, 0.25) is 11.8 Å². The van der Waals surface area contributed by atoms with Gasteiger partial charge in [-0.15, -0.1) is 0 Å². The molecule has 0 aliphatic rings. The van der Waals surface area contributed by atoms with Crippen molar-refractivity contribution < 1.29 is 14.0 Å². The van der Waals surface area contributed by atoms with Crippen LogP contribution < -0.4 is 5.32 Å². The summed E-state index contributed by atoms with van der Waals surface area (Å²) in [6.45, 7) is 8.24. The minimum Gasteiger partial charge on any atom is -0.352 e. The van der Waals surface area contributed by atoms with E-state index in [0.29, 0.717) is 13.0 Å². The maximum absolute atomic E-state index is 13.2. The van der Waals surface area contributed by atoms with Gasteiger partial charge in [-0.1, -0.05) is 55.8 Å². The highest BCUT2D eigenvalue weighted by atomic mass is 19.1. The van der Waals surface area contributed by atoms with Gasteiger partial charge in [0.15, 0.2) is 0 Å². The van der Waals surface area contributed by atoms with Crippen LogP contribution in [0, 0.1) is 12.7 Å². The highest BCUT2D eigenvalue weighted by molar-refractivity contribution is 5.88. The zero-order valence-corrected chi connectivity index (χ0v) is 17.7. The van der Waals surface area contributed by atoms with Crippen molar-refractivity contribution >= 4 is 11.8 Å². The molecular formula is C24H31FN2O2. The third kappa shape index (κ3) is 6.70. The fraction of sp³-hybridized carbons (Fsp3) is 0.417. The van der Waals surface area contributed by atoms with E-state index in [1.807, 2.05) is 52.0 Å². The standard InChI is InChI=1S/C24H31FN2O2/c1-5-18(4)26-24(29)22(6-2)27(16-20-9-7-17(3)8-10-20)23(28)15-19-11-13-21(25)14-12-19/h7-14,18,22H,5-6,15-16H2,1-4H3,(H,26,29)/t18-,22+/m1/s1. The summed E-state index contributed by atoms with van der Waals surface area (Å²) < 4.78 is 13.2. The van der Waals surface area contributed by atoms with E-state index in [1.54, 1.807) is 17.0 Å². The Morgan fingerprint density at radius 3 is 2.10 bits per heavy atom. The average Bonchev–Trinajstić information content (AvgIpc) is 2.70. The second-order valence-corrected chi connectivity index (χ2v) is 7.55. The first-order valence-electron chi connectivity index (χ1n) is 10.2. The number of nitrogens with zero attached hydrogens (tertiary/aromatic N) is 1. The summed E-state index contributed by atoms with van der Waals surface area (Å²) in [6.07, 6.45) is 1.46. The number of halogens is 1. The zero-order chi connectivity index (χ0) is 21.4. The summed E-state index contributed by atoms with van der Waals surface area (Å²) >= 11 is 0. The Labute approximate surface area is 173 Å². The molecule has 1 N–H and O–H groups in total. The molecule has 5 heteroatoms. The predicted molar refractivity (Wildman–Crippen MR) is 114 cm³/mol. The van der Waals surface area contributed by atoms with Crippen LogP contribution in [0.2, 0.25) is 0 Å². The quantitative estimate of drug-likeness (QED) is 0.681. The van der Waals surface area contributed by atoms with Crippen molar-refractivity contribution in [2.75, 3.05) is 0 Å². The molecule has 0 aliphatic heterocycles. The Hall–Kier alpha value is -2.69. The SMILES string of the molecule is CC[C@@H](C)NC(=O)[C@H](CC)N(Cc1ccc(C)cc1)C(=O)Cc1ccc(F)cc1. The van der Waals surface area contributed by atoms with Gasteiger partial charge < -0.3 is 10.2 Å². The normalized spacial score (nSPS) is 12.9. The number of rotatable bonds is 9. The molecule has 29 heavy (non-hydrogen) atoms. The highest BCUT2D eigenvalue weighted by Crippen LogP contribution is 2.16. The average molecular weight is 399 g/mol. The van der Waals surface area contributed by atoms with Gasteiger partial charge in [0.05, 0.1) is 6.42 Å². The molecule has 2 amide bonds. The van der Waals surface area contributed by atoms with E-state index >= 15 is 0 Å². The molecule has 2 atom stereocenters. The van der Waals surface area contributed by atoms with Crippen molar-refractivity contribution in [1.29, 1.82) is 0 Å². The molecule has 0 aliphatic carbocycles. The maximum Gasteiger partial charge on any atom is 0.243 e. The fourth-order valence-electron chi connectivity index (χ4n) is 3.13. The van der Waals surface area contributed by atoms with Crippen LogP contribution in [-0.4, -0.2) is 28.8 Å². The summed E-state index contributed by atoms with van der Waals surface area (Å²) in [5.41, 5.74) is 2.83. The topological polar surface area (TPSA) is 49.4 Å². The molecular weight excluding hydrogens is 367 g/mol. The summed E-state index contributed by atoms with van der Waals surface area (Å²) in [5.74, 6) is -0.623. The van der Waals surface area contributed by atoms with E-state index in [2.05, 4.69) is 5.32 Å². The van der Waals surface area contributed by atoms with Gasteiger partial charge in [0.1, 0.15) is 11.9 Å². The molecule has 0 heterocycles. The number of aryl methyl sites for hydroxylation is 1. The third-order valence-electron chi connectivity index (χ3n) is 5.13. The summed E-state index contributed by atoms with van der Waals surface area (Å²) in [4.78, 5) is 27.7. The van der Waals surface area contributed by atoms with Crippen LogP contribution in [0.4, 0.5) is 4.39 Å². The Morgan fingerprint density at radius 1 is 0.966 bits per heavy atom. The first-order chi connectivity index (χ1) is 13.8. The smallest absolute Gasteiger partial charge is 0.243 e. The number of carbonyl (C=O) groups is 2. The monoisotopic (exact) mass is 398 g/mol. The number of hydrogen-bond donors (Lipinski definition) is 1. The van der Waals surface area contributed by atoms with E-state index < -0.39 is 6.04 Å². The van der Waals surface area contributed by atoms with Crippen LogP contribution in [0.25, 0.3) is 0 Å². The van der Waals surface area contributed by atoms with Gasteiger partial charge in [0, 0.05) is 12.6 Å². The molecule has 2 aromatic carbocycles. The van der Waals surface area contributed by atoms with E-state index in [1.165, 1.54) is 12.1 Å². The lowest BCUT2D eigenvalue weighted by Crippen LogP contribution is -2.51. The van der Waals surface area contributed by atoms with Crippen molar-refractivity contribution in [3.63, 3.8) is 0 Å². The van der Waals surface area contributed by atoms with Crippen molar-refractivity contribution in [2.45, 2.75) is 65.6 Å². The minimum absolute atomic E-state index is 0.0463. The second-order valence-electron chi connectivity index (χ2n) is 7.55. The molecule has 0 saturated carbocycles. The lowest BCUT2D eigenvalue weighted by Gasteiger charge is -2.31. The Balaban J connectivity index is 2.26. The number of nitrogens with one attached hydrogen (secondary N) is 1. The van der Waals surface area contributed by atoms with Gasteiger partial charge in [0.25, 0.3) is 0 Å². The predicted octanol–water partition coefficient (Wildman–Crippen LogP) is 4.40. The Morgan fingerprint density at radius 2 is 1.55 bits per heavy atom. The van der Waals surface area contributed by atoms with E-state index in [4.69, 9.17) is 0 Å². The van der Waals surface area contributed by atoms with Crippen molar-refractivity contribution in [3.8, 4) is 0 Å². The van der Waals surface area contributed by atoms with Crippen LogP contribution in [-0.2, 0) is 22.6 Å². The number of amides is 2. The third-order valence-corrected chi connectivity index (χ3v) is 5.13. The van der Waals surface area contributed by atoms with Crippen LogP contribution in [0.3, 0.4) is 0 Å². The molecule has 2 rings (SSSR count). The van der Waals surface area contributed by atoms with Crippen molar-refractivity contribution in [1.82, 2.24) is 10.2 Å². The lowest BCUT2D eigenvalue weighted by molar-refractivity contribution is -0.141. The number of carbonyl (C=O) groups excluding carboxylic acids is 2. The van der Waals surface area contributed by atoms with Crippen LogP contribution in [0.1, 0.15) is 50.3 Å². The number of hydrogen-bond acceptors (Lipinski definition) is 2. The van der Waals surface area contributed by atoms with Crippen LogP contribution in [0.15, 0.2) is 48.5 Å².